The standard InChI is InChI=1S/C26H26FN5OS/c1-17-8-14-22(15-9-17)32-24(19(3)28-25(33)29-23-7-5-4-6-18(23)2)30-31-26(32)34-16-20-10-12-21(27)13-11-20/h4-15,19H,16H2,1-3H3,(H2,28,29,33). The lowest BCUT2D eigenvalue weighted by Gasteiger charge is -2.17. The molecule has 0 bridgehead atoms. The van der Waals surface area contributed by atoms with Crippen LogP contribution in [0.5, 0.6) is 0 Å². The number of carbonyl (C=O) groups is 1. The van der Waals surface area contributed by atoms with Gasteiger partial charge in [-0.25, -0.2) is 9.18 Å². The smallest absolute Gasteiger partial charge is 0.319 e. The zero-order valence-corrected chi connectivity index (χ0v) is 20.1. The number of benzene rings is 3. The van der Waals surface area contributed by atoms with Gasteiger partial charge in [-0.15, -0.1) is 10.2 Å². The van der Waals surface area contributed by atoms with E-state index in [0.717, 1.165) is 28.1 Å². The quantitative estimate of drug-likeness (QED) is 0.312. The maximum atomic E-state index is 13.3. The van der Waals surface area contributed by atoms with Gasteiger partial charge in [-0.2, -0.15) is 0 Å². The van der Waals surface area contributed by atoms with E-state index in [2.05, 4.69) is 20.8 Å². The maximum Gasteiger partial charge on any atom is 0.319 e. The highest BCUT2D eigenvalue weighted by molar-refractivity contribution is 7.98. The van der Waals surface area contributed by atoms with E-state index in [-0.39, 0.29) is 11.8 Å². The number of halogens is 1. The van der Waals surface area contributed by atoms with Crippen molar-refractivity contribution < 1.29 is 9.18 Å². The van der Waals surface area contributed by atoms with Crippen molar-refractivity contribution in [2.45, 2.75) is 37.7 Å². The van der Waals surface area contributed by atoms with Crippen LogP contribution in [0.2, 0.25) is 0 Å². The fourth-order valence-electron chi connectivity index (χ4n) is 3.45. The molecule has 0 aliphatic heterocycles. The summed E-state index contributed by atoms with van der Waals surface area (Å²) in [6.45, 7) is 5.85. The first kappa shape index (κ1) is 23.5. The highest BCUT2D eigenvalue weighted by Crippen LogP contribution is 2.28. The minimum atomic E-state index is -0.405. The number of hydrogen-bond acceptors (Lipinski definition) is 4. The zero-order chi connectivity index (χ0) is 24.1. The highest BCUT2D eigenvalue weighted by atomic mass is 32.2. The second-order valence-corrected chi connectivity index (χ2v) is 9.00. The van der Waals surface area contributed by atoms with Gasteiger partial charge < -0.3 is 10.6 Å². The number of hydrogen-bond donors (Lipinski definition) is 2. The molecule has 8 heteroatoms. The molecule has 6 nitrogen and oxygen atoms in total. The number of urea groups is 1. The Bertz CT molecular complexity index is 1270. The van der Waals surface area contributed by atoms with Gasteiger partial charge in [0.2, 0.25) is 0 Å². The average Bonchev–Trinajstić information content (AvgIpc) is 3.25. The zero-order valence-electron chi connectivity index (χ0n) is 19.2. The topological polar surface area (TPSA) is 71.8 Å². The number of nitrogens with zero attached hydrogens (tertiary/aromatic N) is 3. The Balaban J connectivity index is 1.57. The summed E-state index contributed by atoms with van der Waals surface area (Å²) >= 11 is 1.51. The van der Waals surface area contributed by atoms with E-state index >= 15 is 0 Å². The van der Waals surface area contributed by atoms with Crippen molar-refractivity contribution in [3.8, 4) is 5.69 Å². The molecule has 3 aromatic carbocycles. The first-order valence-corrected chi connectivity index (χ1v) is 11.9. The lowest BCUT2D eigenvalue weighted by atomic mass is 10.2. The van der Waals surface area contributed by atoms with Crippen LogP contribution in [0, 0.1) is 19.7 Å². The fraction of sp³-hybridized carbons (Fsp3) is 0.192. The van der Waals surface area contributed by atoms with Crippen molar-refractivity contribution in [1.82, 2.24) is 20.1 Å². The minimum Gasteiger partial charge on any atom is -0.328 e. The first-order valence-electron chi connectivity index (χ1n) is 10.9. The lowest BCUT2D eigenvalue weighted by Crippen LogP contribution is -2.32. The summed E-state index contributed by atoms with van der Waals surface area (Å²) in [7, 11) is 0. The Kier molecular flexibility index (Phi) is 7.27. The Morgan fingerprint density at radius 2 is 1.71 bits per heavy atom. The molecule has 0 aliphatic rings. The summed E-state index contributed by atoms with van der Waals surface area (Å²) in [5, 5.41) is 15.4. The van der Waals surface area contributed by atoms with E-state index in [0.29, 0.717) is 16.7 Å². The first-order chi connectivity index (χ1) is 16.4. The van der Waals surface area contributed by atoms with E-state index in [1.54, 1.807) is 12.1 Å². The Hall–Kier alpha value is -3.65. The van der Waals surface area contributed by atoms with Crippen LogP contribution in [0.4, 0.5) is 14.9 Å². The van der Waals surface area contributed by atoms with Gasteiger partial charge in [-0.3, -0.25) is 4.57 Å². The molecule has 0 saturated carbocycles. The van der Waals surface area contributed by atoms with Crippen LogP contribution >= 0.6 is 11.8 Å². The molecule has 174 valence electrons. The van der Waals surface area contributed by atoms with Crippen LogP contribution in [0.15, 0.2) is 78.0 Å². The third-order valence-electron chi connectivity index (χ3n) is 5.36. The van der Waals surface area contributed by atoms with Crippen molar-refractivity contribution in [2.75, 3.05) is 5.32 Å². The number of rotatable bonds is 7. The number of para-hydroxylation sites is 1. The third-order valence-corrected chi connectivity index (χ3v) is 6.36. The Morgan fingerprint density at radius 3 is 2.41 bits per heavy atom. The second-order valence-electron chi connectivity index (χ2n) is 8.06. The number of carbonyl (C=O) groups excluding carboxylic acids is 1. The predicted octanol–water partition coefficient (Wildman–Crippen LogP) is 6.20. The van der Waals surface area contributed by atoms with Gasteiger partial charge in [-0.05, 0) is 62.2 Å². The van der Waals surface area contributed by atoms with Gasteiger partial charge in [0.15, 0.2) is 11.0 Å². The largest absolute Gasteiger partial charge is 0.328 e. The van der Waals surface area contributed by atoms with Gasteiger partial charge in [0, 0.05) is 17.1 Å². The fourth-order valence-corrected chi connectivity index (χ4v) is 4.37. The molecule has 0 fully saturated rings. The summed E-state index contributed by atoms with van der Waals surface area (Å²) in [4.78, 5) is 12.7. The monoisotopic (exact) mass is 475 g/mol. The summed E-state index contributed by atoms with van der Waals surface area (Å²) in [5.41, 5.74) is 4.76. The molecule has 2 N–H and O–H groups in total. The van der Waals surface area contributed by atoms with Crippen molar-refractivity contribution >= 4 is 23.5 Å². The highest BCUT2D eigenvalue weighted by Gasteiger charge is 2.21. The summed E-state index contributed by atoms with van der Waals surface area (Å²) < 4.78 is 15.2. The van der Waals surface area contributed by atoms with Gasteiger partial charge in [0.05, 0.1) is 6.04 Å². The lowest BCUT2D eigenvalue weighted by molar-refractivity contribution is 0.248. The molecule has 4 aromatic rings. The van der Waals surface area contributed by atoms with Gasteiger partial charge in [0.25, 0.3) is 0 Å². The number of amides is 2. The second kappa shape index (κ2) is 10.5. The van der Waals surface area contributed by atoms with E-state index in [1.165, 1.54) is 23.9 Å². The van der Waals surface area contributed by atoms with Gasteiger partial charge >= 0.3 is 6.03 Å². The number of nitrogens with one attached hydrogen (secondary N) is 2. The van der Waals surface area contributed by atoms with Crippen LogP contribution in [-0.4, -0.2) is 20.8 Å². The van der Waals surface area contributed by atoms with Crippen molar-refractivity contribution in [2.24, 2.45) is 0 Å². The molecule has 4 rings (SSSR count). The Morgan fingerprint density at radius 1 is 1.00 bits per heavy atom. The summed E-state index contributed by atoms with van der Waals surface area (Å²) in [6, 6.07) is 21.4. The molecule has 34 heavy (non-hydrogen) atoms. The predicted molar refractivity (Wildman–Crippen MR) is 134 cm³/mol. The minimum absolute atomic E-state index is 0.261. The molecule has 1 unspecified atom stereocenters. The maximum absolute atomic E-state index is 13.3. The third kappa shape index (κ3) is 5.63. The molecule has 0 radical (unpaired) electrons. The number of anilines is 1. The van der Waals surface area contributed by atoms with Crippen LogP contribution in [-0.2, 0) is 5.75 Å². The molecule has 2 amide bonds. The van der Waals surface area contributed by atoms with E-state index in [4.69, 9.17) is 0 Å². The number of aryl methyl sites for hydroxylation is 2. The van der Waals surface area contributed by atoms with E-state index in [9.17, 15) is 9.18 Å². The van der Waals surface area contributed by atoms with Crippen molar-refractivity contribution in [3.05, 3.63) is 101 Å². The Labute approximate surface area is 202 Å². The molecule has 1 heterocycles. The van der Waals surface area contributed by atoms with Crippen molar-refractivity contribution in [1.29, 1.82) is 0 Å². The molecule has 0 aliphatic carbocycles. The van der Waals surface area contributed by atoms with Gasteiger partial charge in [0.1, 0.15) is 5.82 Å². The van der Waals surface area contributed by atoms with E-state index in [1.807, 2.05) is 73.9 Å². The molecule has 0 spiro atoms. The normalized spacial score (nSPS) is 11.8. The molecule has 0 saturated heterocycles. The molecule has 1 atom stereocenters. The SMILES string of the molecule is Cc1ccc(-n2c(SCc3ccc(F)cc3)nnc2C(C)NC(=O)Nc2ccccc2C)cc1. The molecular weight excluding hydrogens is 449 g/mol. The van der Waals surface area contributed by atoms with Crippen LogP contribution in [0.1, 0.15) is 35.5 Å². The van der Waals surface area contributed by atoms with Crippen molar-refractivity contribution in [3.63, 3.8) is 0 Å². The van der Waals surface area contributed by atoms with Gasteiger partial charge in [-0.1, -0.05) is 59.8 Å². The summed E-state index contributed by atoms with van der Waals surface area (Å²) in [5.74, 6) is 0.966. The molecule has 1 aromatic heterocycles. The molecular formula is C26H26FN5OS. The van der Waals surface area contributed by atoms with Crippen LogP contribution < -0.4 is 10.6 Å². The van der Waals surface area contributed by atoms with Crippen LogP contribution in [0.25, 0.3) is 5.69 Å². The average molecular weight is 476 g/mol. The number of thioether (sulfide) groups is 1. The van der Waals surface area contributed by atoms with Crippen LogP contribution in [0.3, 0.4) is 0 Å². The summed E-state index contributed by atoms with van der Waals surface area (Å²) in [6.07, 6.45) is 0. The van der Waals surface area contributed by atoms with E-state index < -0.39 is 6.04 Å². The number of aromatic nitrogens is 3.